The Hall–Kier alpha value is -3.98. The Morgan fingerprint density at radius 3 is 2.11 bits per heavy atom. The Labute approximate surface area is 215 Å². The summed E-state index contributed by atoms with van der Waals surface area (Å²) >= 11 is 0. The minimum Gasteiger partial charge on any atom is -0.409 e. The topological polar surface area (TPSA) is 206 Å². The number of amides is 1. The van der Waals surface area contributed by atoms with Crippen molar-refractivity contribution in [1.82, 2.24) is 25.4 Å². The number of carbonyl (C=O) groups is 1. The van der Waals surface area contributed by atoms with Crippen molar-refractivity contribution < 1.29 is 28.7 Å². The van der Waals surface area contributed by atoms with Crippen LogP contribution in [-0.2, 0) is 32.1 Å². The molecule has 37 heavy (non-hydrogen) atoms. The second kappa shape index (κ2) is 15.9. The SMILES string of the molecule is CC(=O)NCc1ccc(-c2noc(C)n2)cn1.COC(C)(OC)OC.NCc1ccc(C(N)=NO)cn1. The number of methoxy groups -OCH3 is 3. The summed E-state index contributed by atoms with van der Waals surface area (Å²) in [5.74, 6) is 0.124. The monoisotopic (exact) mass is 518 g/mol. The van der Waals surface area contributed by atoms with Crippen LogP contribution in [0.5, 0.6) is 0 Å². The van der Waals surface area contributed by atoms with Crippen molar-refractivity contribution in [3.8, 4) is 11.4 Å². The van der Waals surface area contributed by atoms with Crippen LogP contribution in [0.2, 0.25) is 0 Å². The number of pyridine rings is 2. The summed E-state index contributed by atoms with van der Waals surface area (Å²) in [4.78, 5) is 23.0. The van der Waals surface area contributed by atoms with Gasteiger partial charge in [0.05, 0.1) is 17.9 Å². The Kier molecular flexibility index (Phi) is 13.3. The Balaban J connectivity index is 0.000000300. The molecule has 3 rings (SSSR count). The van der Waals surface area contributed by atoms with Crippen LogP contribution in [0.1, 0.15) is 36.7 Å². The molecule has 0 radical (unpaired) electrons. The molecule has 0 aliphatic rings. The first-order valence-electron chi connectivity index (χ1n) is 10.9. The van der Waals surface area contributed by atoms with Gasteiger partial charge in [-0.15, -0.1) is 0 Å². The molecule has 0 fully saturated rings. The first kappa shape index (κ1) is 31.1. The maximum atomic E-state index is 10.7. The molecular weight excluding hydrogens is 484 g/mol. The Morgan fingerprint density at radius 2 is 1.73 bits per heavy atom. The summed E-state index contributed by atoms with van der Waals surface area (Å²) in [6.07, 6.45) is 3.17. The summed E-state index contributed by atoms with van der Waals surface area (Å²) in [6.45, 7) is 5.69. The fourth-order valence-electron chi connectivity index (χ4n) is 2.30. The third-order valence-corrected chi connectivity index (χ3v) is 4.68. The van der Waals surface area contributed by atoms with E-state index in [1.54, 1.807) is 32.2 Å². The van der Waals surface area contributed by atoms with Gasteiger partial charge in [0.25, 0.3) is 5.97 Å². The van der Waals surface area contributed by atoms with Crippen LogP contribution in [0, 0.1) is 6.92 Å². The molecule has 6 N–H and O–H groups in total. The van der Waals surface area contributed by atoms with Crippen LogP contribution in [0.25, 0.3) is 11.4 Å². The number of nitrogens with two attached hydrogens (primary N) is 2. The van der Waals surface area contributed by atoms with Gasteiger partial charge in [-0.1, -0.05) is 10.3 Å². The average molecular weight is 519 g/mol. The molecule has 1 amide bonds. The molecule has 0 bridgehead atoms. The highest BCUT2D eigenvalue weighted by Crippen LogP contribution is 2.14. The highest BCUT2D eigenvalue weighted by molar-refractivity contribution is 5.96. The summed E-state index contributed by atoms with van der Waals surface area (Å²) < 4.78 is 19.3. The highest BCUT2D eigenvalue weighted by Gasteiger charge is 2.20. The molecule has 3 aromatic heterocycles. The van der Waals surface area contributed by atoms with E-state index in [1.807, 2.05) is 12.1 Å². The molecule has 0 saturated heterocycles. The van der Waals surface area contributed by atoms with Crippen molar-refractivity contribution >= 4 is 11.7 Å². The zero-order chi connectivity index (χ0) is 27.8. The van der Waals surface area contributed by atoms with Crippen molar-refractivity contribution in [3.05, 3.63) is 59.5 Å². The van der Waals surface area contributed by atoms with Crippen molar-refractivity contribution in [3.63, 3.8) is 0 Å². The average Bonchev–Trinajstić information content (AvgIpc) is 3.38. The van der Waals surface area contributed by atoms with Gasteiger partial charge >= 0.3 is 0 Å². The van der Waals surface area contributed by atoms with Gasteiger partial charge in [-0.2, -0.15) is 4.98 Å². The molecule has 14 heteroatoms. The number of amidine groups is 1. The molecule has 202 valence electrons. The van der Waals surface area contributed by atoms with Gasteiger partial charge in [-0.3, -0.25) is 14.8 Å². The van der Waals surface area contributed by atoms with Gasteiger partial charge in [-0.25, -0.2) is 0 Å². The maximum Gasteiger partial charge on any atom is 0.279 e. The van der Waals surface area contributed by atoms with Crippen LogP contribution in [0.3, 0.4) is 0 Å². The molecule has 3 aromatic rings. The highest BCUT2D eigenvalue weighted by atomic mass is 16.9. The number of nitrogens with zero attached hydrogens (tertiary/aromatic N) is 5. The number of aryl methyl sites for hydroxylation is 1. The minimum absolute atomic E-state index is 0.0473. The van der Waals surface area contributed by atoms with Gasteiger partial charge < -0.3 is 40.7 Å². The van der Waals surface area contributed by atoms with E-state index in [4.69, 9.17) is 35.4 Å². The second-order valence-electron chi connectivity index (χ2n) is 7.29. The van der Waals surface area contributed by atoms with E-state index in [9.17, 15) is 4.79 Å². The predicted molar refractivity (Wildman–Crippen MR) is 134 cm³/mol. The third-order valence-electron chi connectivity index (χ3n) is 4.68. The minimum atomic E-state index is -0.875. The largest absolute Gasteiger partial charge is 0.409 e. The van der Waals surface area contributed by atoms with Gasteiger partial charge in [0.1, 0.15) is 0 Å². The summed E-state index contributed by atoms with van der Waals surface area (Å²) in [6, 6.07) is 7.09. The molecule has 0 aromatic carbocycles. The van der Waals surface area contributed by atoms with E-state index in [0.29, 0.717) is 30.4 Å². The molecule has 0 unspecified atom stereocenters. The number of ether oxygens (including phenoxy) is 3. The molecule has 0 aliphatic heterocycles. The van der Waals surface area contributed by atoms with Crippen molar-refractivity contribution in [2.45, 2.75) is 39.8 Å². The summed E-state index contributed by atoms with van der Waals surface area (Å²) in [5, 5.41) is 17.6. The van der Waals surface area contributed by atoms with E-state index in [0.717, 1.165) is 17.0 Å². The third kappa shape index (κ3) is 11.1. The van der Waals surface area contributed by atoms with Gasteiger partial charge in [0, 0.05) is 72.2 Å². The first-order valence-corrected chi connectivity index (χ1v) is 10.9. The van der Waals surface area contributed by atoms with Crippen LogP contribution in [0.4, 0.5) is 0 Å². The van der Waals surface area contributed by atoms with E-state index < -0.39 is 5.97 Å². The number of rotatable bonds is 8. The van der Waals surface area contributed by atoms with Crippen LogP contribution in [-0.4, -0.2) is 64.4 Å². The summed E-state index contributed by atoms with van der Waals surface area (Å²) in [5.41, 5.74) is 13.6. The fourth-order valence-corrected chi connectivity index (χ4v) is 2.30. The first-order chi connectivity index (χ1) is 17.6. The van der Waals surface area contributed by atoms with Gasteiger partial charge in [0.15, 0.2) is 5.84 Å². The number of carbonyl (C=O) groups excluding carboxylic acids is 1. The molecule has 0 spiro atoms. The standard InChI is InChI=1S/C11H12N4O2.C7H10N4O.C5H12O3/c1-7(16)12-6-10-4-3-9(5-13-10)11-14-8(2)17-15-11;8-3-6-2-1-5(4-10-6)7(9)11-12;1-5(6-2,7-3)8-4/h3-5H,6H2,1-2H3,(H,12,16);1-2,4,12H,3,8H2,(H2,9,11);1-4H3. The lowest BCUT2D eigenvalue weighted by atomic mass is 10.2. The molecule has 0 atom stereocenters. The van der Waals surface area contributed by atoms with E-state index >= 15 is 0 Å². The van der Waals surface area contributed by atoms with E-state index in [1.165, 1.54) is 34.4 Å². The lowest BCUT2D eigenvalue weighted by Gasteiger charge is -2.23. The second-order valence-corrected chi connectivity index (χ2v) is 7.29. The number of hydrogen-bond donors (Lipinski definition) is 4. The van der Waals surface area contributed by atoms with Crippen molar-refractivity contribution in [2.24, 2.45) is 16.6 Å². The lowest BCUT2D eigenvalue weighted by Crippen LogP contribution is -2.31. The van der Waals surface area contributed by atoms with E-state index in [-0.39, 0.29) is 11.7 Å². The normalized spacial score (nSPS) is 11.1. The number of hydrogen-bond acceptors (Lipinski definition) is 12. The quantitative estimate of drug-likeness (QED) is 0.109. The van der Waals surface area contributed by atoms with Crippen LogP contribution < -0.4 is 16.8 Å². The maximum absolute atomic E-state index is 10.7. The fraction of sp³-hybridized carbons (Fsp3) is 0.391. The lowest BCUT2D eigenvalue weighted by molar-refractivity contribution is -0.340. The predicted octanol–water partition coefficient (Wildman–Crippen LogP) is 1.31. The molecule has 14 nitrogen and oxygen atoms in total. The van der Waals surface area contributed by atoms with E-state index in [2.05, 4.69) is 30.6 Å². The molecule has 3 heterocycles. The Bertz CT molecular complexity index is 1090. The van der Waals surface area contributed by atoms with Crippen LogP contribution >= 0.6 is 0 Å². The number of aromatic nitrogens is 4. The Morgan fingerprint density at radius 1 is 1.11 bits per heavy atom. The molecule has 0 aliphatic carbocycles. The molecular formula is C23H34N8O6. The molecule has 0 saturated carbocycles. The zero-order valence-electron chi connectivity index (χ0n) is 21.8. The smallest absolute Gasteiger partial charge is 0.279 e. The number of nitrogens with one attached hydrogen (secondary N) is 1. The summed E-state index contributed by atoms with van der Waals surface area (Å²) in [7, 11) is 4.56. The van der Waals surface area contributed by atoms with Crippen molar-refractivity contribution in [2.75, 3.05) is 21.3 Å². The zero-order valence-corrected chi connectivity index (χ0v) is 21.8. The van der Waals surface area contributed by atoms with Crippen LogP contribution in [0.15, 0.2) is 46.3 Å². The van der Waals surface area contributed by atoms with Gasteiger partial charge in [0.2, 0.25) is 17.6 Å². The van der Waals surface area contributed by atoms with Crippen molar-refractivity contribution in [1.29, 1.82) is 0 Å². The van der Waals surface area contributed by atoms with Gasteiger partial charge in [-0.05, 0) is 24.3 Å². The number of oxime groups is 1.